The molecule has 20 heavy (non-hydrogen) atoms. The van der Waals surface area contributed by atoms with Gasteiger partial charge in [-0.2, -0.15) is 8.78 Å². The number of ether oxygens (including phenoxy) is 1. The molecule has 0 unspecified atom stereocenters. The average molecular weight is 281 g/mol. The number of benzene rings is 1. The summed E-state index contributed by atoms with van der Waals surface area (Å²) in [5, 5.41) is 3.24. The minimum absolute atomic E-state index is 0.139. The molecule has 0 aliphatic heterocycles. The van der Waals surface area contributed by atoms with E-state index < -0.39 is 6.61 Å². The van der Waals surface area contributed by atoms with Crippen molar-refractivity contribution in [2.75, 3.05) is 11.9 Å². The molecular formula is C14H17F2N3O. The van der Waals surface area contributed by atoms with E-state index in [2.05, 4.69) is 28.9 Å². The highest BCUT2D eigenvalue weighted by Gasteiger charge is 2.07. The number of rotatable bonds is 6. The normalized spacial score (nSPS) is 11.1. The number of aromatic nitrogens is 2. The van der Waals surface area contributed by atoms with Crippen LogP contribution in [0.15, 0.2) is 36.7 Å². The minimum atomic E-state index is -2.81. The first kappa shape index (κ1) is 14.3. The number of anilines is 1. The molecule has 2 aromatic rings. The Hall–Kier alpha value is -2.11. The van der Waals surface area contributed by atoms with Gasteiger partial charge in [-0.1, -0.05) is 13.8 Å². The van der Waals surface area contributed by atoms with Crippen LogP contribution in [0.1, 0.15) is 13.8 Å². The largest absolute Gasteiger partial charge is 0.435 e. The van der Waals surface area contributed by atoms with Gasteiger partial charge in [0.25, 0.3) is 0 Å². The molecule has 6 heteroatoms. The van der Waals surface area contributed by atoms with E-state index in [0.717, 1.165) is 18.2 Å². The van der Waals surface area contributed by atoms with Gasteiger partial charge in [-0.15, -0.1) is 0 Å². The van der Waals surface area contributed by atoms with Crippen LogP contribution in [0.4, 0.5) is 14.7 Å². The Morgan fingerprint density at radius 3 is 2.55 bits per heavy atom. The van der Waals surface area contributed by atoms with E-state index in [-0.39, 0.29) is 5.75 Å². The third kappa shape index (κ3) is 3.69. The van der Waals surface area contributed by atoms with Crippen molar-refractivity contribution in [3.63, 3.8) is 0 Å². The van der Waals surface area contributed by atoms with Gasteiger partial charge in [0.15, 0.2) is 0 Å². The number of alkyl halides is 2. The fourth-order valence-corrected chi connectivity index (χ4v) is 1.73. The van der Waals surface area contributed by atoms with E-state index in [4.69, 9.17) is 0 Å². The van der Waals surface area contributed by atoms with Gasteiger partial charge >= 0.3 is 6.61 Å². The van der Waals surface area contributed by atoms with Gasteiger partial charge in [-0.25, -0.2) is 4.98 Å². The molecule has 0 aliphatic rings. The monoisotopic (exact) mass is 281 g/mol. The van der Waals surface area contributed by atoms with Crippen LogP contribution >= 0.6 is 0 Å². The summed E-state index contributed by atoms with van der Waals surface area (Å²) in [5.74, 6) is 1.36. The Balaban J connectivity index is 2.13. The highest BCUT2D eigenvalue weighted by molar-refractivity contribution is 5.44. The molecule has 1 N–H and O–H groups in total. The first-order chi connectivity index (χ1) is 9.56. The van der Waals surface area contributed by atoms with Crippen LogP contribution in [0.3, 0.4) is 0 Å². The molecule has 0 fully saturated rings. The first-order valence-corrected chi connectivity index (χ1v) is 6.38. The fourth-order valence-electron chi connectivity index (χ4n) is 1.73. The molecule has 0 saturated carbocycles. The van der Waals surface area contributed by atoms with E-state index in [9.17, 15) is 8.78 Å². The van der Waals surface area contributed by atoms with Crippen molar-refractivity contribution in [3.8, 4) is 11.4 Å². The molecule has 2 rings (SSSR count). The number of nitrogens with zero attached hydrogens (tertiary/aromatic N) is 2. The van der Waals surface area contributed by atoms with Gasteiger partial charge in [0, 0.05) is 24.6 Å². The Morgan fingerprint density at radius 2 is 1.95 bits per heavy atom. The van der Waals surface area contributed by atoms with Gasteiger partial charge in [0.05, 0.1) is 0 Å². The number of halogens is 2. The van der Waals surface area contributed by atoms with Crippen molar-refractivity contribution < 1.29 is 13.5 Å². The second kappa shape index (κ2) is 6.36. The van der Waals surface area contributed by atoms with Crippen molar-refractivity contribution in [1.29, 1.82) is 0 Å². The summed E-state index contributed by atoms with van der Waals surface area (Å²) in [7, 11) is 0. The third-order valence-corrected chi connectivity index (χ3v) is 2.65. The third-order valence-electron chi connectivity index (χ3n) is 2.65. The van der Waals surface area contributed by atoms with E-state index in [1.807, 2.05) is 10.8 Å². The standard InChI is InChI=1S/C14H17F2N3O/c1-10(2)9-18-14-17-7-8-19(14)11-3-5-12(6-4-11)20-13(15)16/h3-8,10,13H,9H2,1-2H3,(H,17,18). The van der Waals surface area contributed by atoms with Gasteiger partial charge in [-0.05, 0) is 30.2 Å². The lowest BCUT2D eigenvalue weighted by molar-refractivity contribution is -0.0498. The second-order valence-corrected chi connectivity index (χ2v) is 4.77. The molecular weight excluding hydrogens is 264 g/mol. The van der Waals surface area contributed by atoms with Gasteiger partial charge in [0.2, 0.25) is 5.95 Å². The summed E-state index contributed by atoms with van der Waals surface area (Å²) < 4.78 is 30.4. The summed E-state index contributed by atoms with van der Waals surface area (Å²) in [5.41, 5.74) is 0.829. The molecule has 0 atom stereocenters. The first-order valence-electron chi connectivity index (χ1n) is 6.38. The number of hydrogen-bond acceptors (Lipinski definition) is 3. The average Bonchev–Trinajstić information content (AvgIpc) is 2.85. The summed E-state index contributed by atoms with van der Waals surface area (Å²) in [4.78, 5) is 4.24. The number of nitrogens with one attached hydrogen (secondary N) is 1. The molecule has 0 aliphatic carbocycles. The van der Waals surface area contributed by atoms with Gasteiger partial charge in [0.1, 0.15) is 5.75 Å². The molecule has 1 heterocycles. The van der Waals surface area contributed by atoms with Crippen molar-refractivity contribution in [2.24, 2.45) is 5.92 Å². The van der Waals surface area contributed by atoms with Crippen molar-refractivity contribution in [3.05, 3.63) is 36.7 Å². The molecule has 108 valence electrons. The maximum atomic E-state index is 12.1. The molecule has 0 spiro atoms. The SMILES string of the molecule is CC(C)CNc1nccn1-c1ccc(OC(F)F)cc1. The van der Waals surface area contributed by atoms with E-state index in [1.165, 1.54) is 12.1 Å². The van der Waals surface area contributed by atoms with Crippen LogP contribution < -0.4 is 10.1 Å². The van der Waals surface area contributed by atoms with E-state index >= 15 is 0 Å². The fraction of sp³-hybridized carbons (Fsp3) is 0.357. The molecule has 0 amide bonds. The second-order valence-electron chi connectivity index (χ2n) is 4.77. The van der Waals surface area contributed by atoms with Crippen molar-refractivity contribution in [2.45, 2.75) is 20.5 Å². The Labute approximate surface area is 116 Å². The predicted molar refractivity (Wildman–Crippen MR) is 73.5 cm³/mol. The summed E-state index contributed by atoms with van der Waals surface area (Å²) in [6, 6.07) is 6.43. The van der Waals surface area contributed by atoms with Crippen LogP contribution in [0.25, 0.3) is 5.69 Å². The summed E-state index contributed by atoms with van der Waals surface area (Å²) in [6.07, 6.45) is 3.50. The minimum Gasteiger partial charge on any atom is -0.435 e. The zero-order valence-corrected chi connectivity index (χ0v) is 11.4. The molecule has 4 nitrogen and oxygen atoms in total. The van der Waals surface area contributed by atoms with Gasteiger partial charge in [-0.3, -0.25) is 4.57 Å². The maximum Gasteiger partial charge on any atom is 0.387 e. The van der Waals surface area contributed by atoms with E-state index in [1.54, 1.807) is 18.3 Å². The van der Waals surface area contributed by atoms with Crippen LogP contribution in [0.5, 0.6) is 5.75 Å². The zero-order chi connectivity index (χ0) is 14.5. The molecule has 0 radical (unpaired) electrons. The van der Waals surface area contributed by atoms with Crippen LogP contribution in [0.2, 0.25) is 0 Å². The zero-order valence-electron chi connectivity index (χ0n) is 11.4. The highest BCUT2D eigenvalue weighted by Crippen LogP contribution is 2.20. The van der Waals surface area contributed by atoms with Crippen LogP contribution in [0, 0.1) is 5.92 Å². The Kier molecular flexibility index (Phi) is 4.55. The Morgan fingerprint density at radius 1 is 1.25 bits per heavy atom. The lowest BCUT2D eigenvalue weighted by Gasteiger charge is -2.12. The summed E-state index contributed by atoms with van der Waals surface area (Å²) in [6.45, 7) is 2.22. The number of hydrogen-bond donors (Lipinski definition) is 1. The quantitative estimate of drug-likeness (QED) is 0.880. The summed E-state index contributed by atoms with van der Waals surface area (Å²) >= 11 is 0. The molecule has 1 aromatic heterocycles. The molecule has 1 aromatic carbocycles. The van der Waals surface area contributed by atoms with Crippen molar-refractivity contribution in [1.82, 2.24) is 9.55 Å². The number of imidazole rings is 1. The topological polar surface area (TPSA) is 39.1 Å². The van der Waals surface area contributed by atoms with Gasteiger partial charge < -0.3 is 10.1 Å². The lowest BCUT2D eigenvalue weighted by Crippen LogP contribution is -2.12. The smallest absolute Gasteiger partial charge is 0.387 e. The maximum absolute atomic E-state index is 12.1. The predicted octanol–water partition coefficient (Wildman–Crippen LogP) is 3.54. The van der Waals surface area contributed by atoms with Crippen molar-refractivity contribution >= 4 is 5.95 Å². The molecule has 0 saturated heterocycles. The highest BCUT2D eigenvalue weighted by atomic mass is 19.3. The molecule has 0 bridgehead atoms. The van der Waals surface area contributed by atoms with E-state index in [0.29, 0.717) is 5.92 Å². The Bertz CT molecular complexity index is 538. The lowest BCUT2D eigenvalue weighted by atomic mass is 10.2. The van der Waals surface area contributed by atoms with Crippen LogP contribution in [-0.4, -0.2) is 22.7 Å². The van der Waals surface area contributed by atoms with Crippen LogP contribution in [-0.2, 0) is 0 Å².